The predicted molar refractivity (Wildman–Crippen MR) is 203 cm³/mol. The Morgan fingerprint density at radius 1 is 0.587 bits per heavy atom. The molecule has 26 atom stereocenters. The van der Waals surface area contributed by atoms with E-state index < -0.39 is 192 Å². The molecule has 5 fully saturated rings. The minimum atomic E-state index is -2.52. The van der Waals surface area contributed by atoms with Crippen LogP contribution < -0.4 is 0 Å². The number of carboxylic acid groups (broad SMARTS) is 1. The Labute approximate surface area is 362 Å². The summed E-state index contributed by atoms with van der Waals surface area (Å²) < 4.78 is 44.6. The van der Waals surface area contributed by atoms with Crippen LogP contribution in [0.25, 0.3) is 0 Å². The Bertz CT molecular complexity index is 1400. The van der Waals surface area contributed by atoms with Crippen LogP contribution in [-0.4, -0.2) is 261 Å². The van der Waals surface area contributed by atoms with Gasteiger partial charge in [0.25, 0.3) is 5.79 Å². The zero-order chi connectivity index (χ0) is 47.4. The second-order valence-electron chi connectivity index (χ2n) is 17.1. The molecule has 0 aromatic carbocycles. The molecule has 5 heterocycles. The van der Waals surface area contributed by atoms with Crippen LogP contribution in [0.2, 0.25) is 0 Å². The van der Waals surface area contributed by atoms with Gasteiger partial charge in [0.05, 0.1) is 69.7 Å². The average Bonchev–Trinajstić information content (AvgIpc) is 3.26. The van der Waals surface area contributed by atoms with Gasteiger partial charge in [-0.15, -0.1) is 0 Å². The van der Waals surface area contributed by atoms with Gasteiger partial charge in [-0.3, -0.25) is 0 Å². The van der Waals surface area contributed by atoms with Crippen molar-refractivity contribution in [2.45, 2.75) is 181 Å². The van der Waals surface area contributed by atoms with Crippen molar-refractivity contribution in [3.8, 4) is 0 Å². The molecule has 25 heteroatoms. The van der Waals surface area contributed by atoms with Gasteiger partial charge in [-0.25, -0.2) is 4.79 Å². The maximum atomic E-state index is 12.3. The predicted octanol–water partition coefficient (Wildman–Crippen LogP) is -7.80. The number of hydrogen-bond donors (Lipinski definition) is 16. The summed E-state index contributed by atoms with van der Waals surface area (Å²) in [5, 5.41) is 159. The molecule has 16 N–H and O–H groups in total. The first kappa shape index (κ1) is 54.2. The van der Waals surface area contributed by atoms with Crippen LogP contribution in [0, 0.1) is 17.8 Å². The molecule has 5 saturated heterocycles. The van der Waals surface area contributed by atoms with Crippen LogP contribution in [0.3, 0.4) is 0 Å². The van der Waals surface area contributed by atoms with Crippen LogP contribution in [-0.2, 0) is 42.7 Å². The fraction of sp³-hybridized carbons (Fsp3) is 0.974. The minimum Gasteiger partial charge on any atom is -0.477 e. The van der Waals surface area contributed by atoms with Gasteiger partial charge in [-0.2, -0.15) is 0 Å². The number of rotatable bonds is 14. The highest BCUT2D eigenvalue weighted by Gasteiger charge is 2.56. The monoisotopic (exact) mass is 924 g/mol. The van der Waals surface area contributed by atoms with Gasteiger partial charge < -0.3 is 120 Å². The van der Waals surface area contributed by atoms with Crippen molar-refractivity contribution in [3.63, 3.8) is 0 Å². The molecular weight excluding hydrogens is 856 g/mol. The summed E-state index contributed by atoms with van der Waals surface area (Å²) in [6.07, 6.45) is -29.2. The Balaban J connectivity index is 0.000000320. The lowest BCUT2D eigenvalue weighted by Gasteiger charge is -2.48. The summed E-state index contributed by atoms with van der Waals surface area (Å²) in [5.41, 5.74) is 0. The van der Waals surface area contributed by atoms with Crippen molar-refractivity contribution in [2.24, 2.45) is 17.8 Å². The molecule has 24 unspecified atom stereocenters. The van der Waals surface area contributed by atoms with Crippen LogP contribution in [0.15, 0.2) is 0 Å². The molecule has 5 aliphatic rings. The van der Waals surface area contributed by atoms with Gasteiger partial charge in [0.2, 0.25) is 0 Å². The van der Waals surface area contributed by atoms with E-state index in [1.165, 1.54) is 6.92 Å². The first-order chi connectivity index (χ1) is 29.5. The molecular formula is C38H68O25. The number of hydrogen-bond acceptors (Lipinski definition) is 24. The number of aliphatic hydroxyl groups excluding tert-OH is 15. The number of aliphatic hydroxyl groups is 15. The molecule has 0 radical (unpaired) electrons. The van der Waals surface area contributed by atoms with E-state index in [0.717, 1.165) is 0 Å². The summed E-state index contributed by atoms with van der Waals surface area (Å²) in [4.78, 5) is 12.3. The van der Waals surface area contributed by atoms with E-state index in [9.17, 15) is 86.5 Å². The van der Waals surface area contributed by atoms with E-state index in [-0.39, 0.29) is 12.0 Å². The van der Waals surface area contributed by atoms with Crippen molar-refractivity contribution < 1.29 is 124 Å². The van der Waals surface area contributed by atoms with Crippen molar-refractivity contribution in [2.75, 3.05) is 33.0 Å². The first-order valence-electron chi connectivity index (χ1n) is 20.9. The van der Waals surface area contributed by atoms with Gasteiger partial charge in [0, 0.05) is 24.2 Å². The maximum absolute atomic E-state index is 12.3. The molecule has 25 nitrogen and oxygen atoms in total. The lowest BCUT2D eigenvalue weighted by molar-refractivity contribution is -0.345. The molecule has 0 bridgehead atoms. The number of carboxylic acids is 1. The molecule has 370 valence electrons. The number of carbonyl (C=O) groups is 1. The zero-order valence-electron chi connectivity index (χ0n) is 35.5. The molecule has 5 rings (SSSR count). The third kappa shape index (κ3) is 11.8. The molecule has 0 aromatic heterocycles. The second-order valence-corrected chi connectivity index (χ2v) is 17.1. The largest absolute Gasteiger partial charge is 0.477 e. The topological polar surface area (TPSA) is 415 Å². The maximum Gasteiger partial charge on any atom is 0.364 e. The van der Waals surface area contributed by atoms with Crippen molar-refractivity contribution in [1.29, 1.82) is 0 Å². The normalized spacial score (nSPS) is 49.3. The number of ether oxygens (including phenoxy) is 8. The second kappa shape index (κ2) is 23.0. The molecule has 0 aromatic rings. The fourth-order valence-corrected chi connectivity index (χ4v) is 8.18. The van der Waals surface area contributed by atoms with E-state index in [2.05, 4.69) is 0 Å². The molecule has 0 amide bonds. The minimum absolute atomic E-state index is 0.278. The van der Waals surface area contributed by atoms with E-state index in [0.29, 0.717) is 0 Å². The molecule has 0 spiro atoms. The highest BCUT2D eigenvalue weighted by atomic mass is 16.7. The Hall–Kier alpha value is -1.45. The summed E-state index contributed by atoms with van der Waals surface area (Å²) in [6, 6.07) is 0. The third-order valence-electron chi connectivity index (χ3n) is 12.8. The van der Waals surface area contributed by atoms with E-state index in [1.807, 2.05) is 0 Å². The van der Waals surface area contributed by atoms with Crippen LogP contribution in [0.1, 0.15) is 41.0 Å². The molecule has 63 heavy (non-hydrogen) atoms. The van der Waals surface area contributed by atoms with E-state index in [1.54, 1.807) is 27.7 Å². The molecule has 0 saturated carbocycles. The smallest absolute Gasteiger partial charge is 0.364 e. The standard InChI is InChI=1S/C24H42O16.C14H26O9/c1-8-10(3)37-14(17(31)20(8)39-22-19(33)18(32)16(30)13(6-26)38-22)7-36-24(23(34)35)4-11(27)9(2)21(40-24)15(29)12(28)5-25;1-5-6(2)21-8(4-16)10(18)13(5)23-14-12(20)11(19)9(17)7(3-15)22-14/h8-22,25-33H,4-7H2,1-3H3,(H,34,35);5-20H,3-4H2,1-2H3/t8?,9?,10?,11?,12-,13?,14?,15-,16?,17?,18?,19?,20?,21?,22?,24?;/m1./s1. The Kier molecular flexibility index (Phi) is 19.8. The molecule has 5 aliphatic heterocycles. The lowest BCUT2D eigenvalue weighted by Crippen LogP contribution is -2.64. The van der Waals surface area contributed by atoms with Gasteiger partial charge in [-0.1, -0.05) is 20.8 Å². The Morgan fingerprint density at radius 2 is 1.00 bits per heavy atom. The summed E-state index contributed by atoms with van der Waals surface area (Å²) in [6.45, 7) is 5.22. The lowest BCUT2D eigenvalue weighted by atomic mass is 9.84. The summed E-state index contributed by atoms with van der Waals surface area (Å²) in [7, 11) is 0. The highest BCUT2D eigenvalue weighted by Crippen LogP contribution is 2.39. The van der Waals surface area contributed by atoms with Gasteiger partial charge in [-0.05, 0) is 13.8 Å². The van der Waals surface area contributed by atoms with Crippen LogP contribution in [0.4, 0.5) is 0 Å². The van der Waals surface area contributed by atoms with Crippen molar-refractivity contribution >= 4 is 5.97 Å². The third-order valence-corrected chi connectivity index (χ3v) is 12.8. The van der Waals surface area contributed by atoms with Crippen molar-refractivity contribution in [1.82, 2.24) is 0 Å². The fourth-order valence-electron chi connectivity index (χ4n) is 8.18. The van der Waals surface area contributed by atoms with Crippen LogP contribution >= 0.6 is 0 Å². The van der Waals surface area contributed by atoms with Gasteiger partial charge in [0.15, 0.2) is 12.6 Å². The van der Waals surface area contributed by atoms with E-state index >= 15 is 0 Å². The summed E-state index contributed by atoms with van der Waals surface area (Å²) >= 11 is 0. The highest BCUT2D eigenvalue weighted by molar-refractivity contribution is 5.76. The Morgan fingerprint density at radius 3 is 1.41 bits per heavy atom. The van der Waals surface area contributed by atoms with E-state index in [4.69, 9.17) is 37.9 Å². The quantitative estimate of drug-likeness (QED) is 0.0769. The SMILES string of the molecule is CC1OC(CO)C(O)C(OC2OC(CO)C(O)C(O)C2O)C1C.CC1OC(COC2(C(=O)O)CC(O)C(C)C([C@H](O)[C@H](O)CO)O2)C(O)C(OC2OC(CO)C(O)C(O)C2O)C1C. The van der Waals surface area contributed by atoms with Crippen LogP contribution in [0.5, 0.6) is 0 Å². The van der Waals surface area contributed by atoms with Crippen molar-refractivity contribution in [3.05, 3.63) is 0 Å². The molecule has 0 aliphatic carbocycles. The van der Waals surface area contributed by atoms with Gasteiger partial charge in [0.1, 0.15) is 85.5 Å². The first-order valence-corrected chi connectivity index (χ1v) is 20.9. The number of aliphatic carboxylic acids is 1. The van der Waals surface area contributed by atoms with Gasteiger partial charge >= 0.3 is 5.97 Å². The average molecular weight is 925 g/mol. The summed E-state index contributed by atoms with van der Waals surface area (Å²) in [5.74, 6) is -5.83. The zero-order valence-corrected chi connectivity index (χ0v) is 35.5.